The molecular formula is C13H15Cl2NO3. The highest BCUT2D eigenvalue weighted by molar-refractivity contribution is 6.34. The first-order chi connectivity index (χ1) is 8.87. The van der Waals surface area contributed by atoms with E-state index < -0.39 is 11.5 Å². The van der Waals surface area contributed by atoms with Gasteiger partial charge in [-0.1, -0.05) is 30.1 Å². The van der Waals surface area contributed by atoms with Crippen molar-refractivity contribution in [3.05, 3.63) is 33.8 Å². The summed E-state index contributed by atoms with van der Waals surface area (Å²) in [5.41, 5.74) is -1.24. The van der Waals surface area contributed by atoms with E-state index in [-0.39, 0.29) is 5.02 Å². The Hall–Kier alpha value is -1.26. The maximum Gasteiger partial charge on any atom is 0.334 e. The second-order valence-electron chi connectivity index (χ2n) is 4.30. The standard InChI is InChI=1S/C13H15Cl2NO3/c1-3-6-16(8-17)13(2,12(18)19)10-7-9(14)4-5-11(10)15/h4-5,7-8H,3,6H2,1-2H3,(H,18,19). The highest BCUT2D eigenvalue weighted by Crippen LogP contribution is 2.35. The van der Waals surface area contributed by atoms with Gasteiger partial charge in [-0.05, 0) is 31.5 Å². The molecule has 1 aromatic rings. The van der Waals surface area contributed by atoms with Crippen LogP contribution in [0, 0.1) is 0 Å². The van der Waals surface area contributed by atoms with Crippen LogP contribution in [0.3, 0.4) is 0 Å². The van der Waals surface area contributed by atoms with E-state index in [4.69, 9.17) is 23.2 Å². The lowest BCUT2D eigenvalue weighted by Gasteiger charge is -2.36. The highest BCUT2D eigenvalue weighted by atomic mass is 35.5. The quantitative estimate of drug-likeness (QED) is 0.821. The lowest BCUT2D eigenvalue weighted by atomic mass is 9.90. The summed E-state index contributed by atoms with van der Waals surface area (Å²) in [6, 6.07) is 4.57. The van der Waals surface area contributed by atoms with Gasteiger partial charge in [0, 0.05) is 22.2 Å². The number of hydrogen-bond acceptors (Lipinski definition) is 2. The molecule has 0 heterocycles. The summed E-state index contributed by atoms with van der Waals surface area (Å²) < 4.78 is 0. The van der Waals surface area contributed by atoms with E-state index in [1.165, 1.54) is 24.0 Å². The summed E-state index contributed by atoms with van der Waals surface area (Å²) in [5, 5.41) is 10.2. The molecule has 0 fully saturated rings. The largest absolute Gasteiger partial charge is 0.479 e. The van der Waals surface area contributed by atoms with Gasteiger partial charge in [-0.25, -0.2) is 4.79 Å². The third-order valence-corrected chi connectivity index (χ3v) is 3.60. The van der Waals surface area contributed by atoms with Crippen LogP contribution in [-0.4, -0.2) is 28.9 Å². The number of carboxylic acids is 1. The Labute approximate surface area is 121 Å². The molecule has 0 aromatic heterocycles. The zero-order valence-corrected chi connectivity index (χ0v) is 12.2. The van der Waals surface area contributed by atoms with Crippen LogP contribution in [0.4, 0.5) is 0 Å². The molecule has 1 rings (SSSR count). The third-order valence-electron chi connectivity index (χ3n) is 3.04. The number of amides is 1. The number of rotatable bonds is 6. The fraction of sp³-hybridized carbons (Fsp3) is 0.385. The van der Waals surface area contributed by atoms with Gasteiger partial charge in [-0.15, -0.1) is 0 Å². The minimum absolute atomic E-state index is 0.261. The maximum atomic E-state index is 11.7. The topological polar surface area (TPSA) is 57.6 Å². The van der Waals surface area contributed by atoms with Crippen molar-refractivity contribution in [1.29, 1.82) is 0 Å². The molecule has 0 aliphatic rings. The molecule has 1 amide bonds. The number of carbonyl (C=O) groups excluding carboxylic acids is 1. The first-order valence-electron chi connectivity index (χ1n) is 5.78. The molecule has 0 saturated heterocycles. The normalized spacial score (nSPS) is 13.7. The zero-order chi connectivity index (χ0) is 14.6. The second kappa shape index (κ2) is 6.26. The molecule has 6 heteroatoms. The Bertz CT molecular complexity index is 493. The minimum atomic E-state index is -1.54. The number of hydrogen-bond donors (Lipinski definition) is 1. The number of carboxylic acid groups (broad SMARTS) is 1. The van der Waals surface area contributed by atoms with Crippen LogP contribution in [0.2, 0.25) is 10.0 Å². The van der Waals surface area contributed by atoms with Gasteiger partial charge in [-0.2, -0.15) is 0 Å². The van der Waals surface area contributed by atoms with Crippen LogP contribution >= 0.6 is 23.2 Å². The van der Waals surface area contributed by atoms with E-state index in [9.17, 15) is 14.7 Å². The van der Waals surface area contributed by atoms with Gasteiger partial charge in [0.2, 0.25) is 6.41 Å². The predicted molar refractivity (Wildman–Crippen MR) is 74.5 cm³/mol. The van der Waals surface area contributed by atoms with Gasteiger partial charge >= 0.3 is 5.97 Å². The molecule has 1 atom stereocenters. The highest BCUT2D eigenvalue weighted by Gasteiger charge is 2.42. The van der Waals surface area contributed by atoms with Crippen LogP contribution in [0.1, 0.15) is 25.8 Å². The summed E-state index contributed by atoms with van der Waals surface area (Å²) >= 11 is 12.0. The van der Waals surface area contributed by atoms with Crippen molar-refractivity contribution in [2.24, 2.45) is 0 Å². The number of aliphatic carboxylic acids is 1. The smallest absolute Gasteiger partial charge is 0.334 e. The van der Waals surface area contributed by atoms with E-state index in [1.807, 2.05) is 6.92 Å². The number of benzene rings is 1. The van der Waals surface area contributed by atoms with Crippen molar-refractivity contribution in [3.8, 4) is 0 Å². The number of nitrogens with zero attached hydrogens (tertiary/aromatic N) is 1. The van der Waals surface area contributed by atoms with Crippen molar-refractivity contribution in [2.75, 3.05) is 6.54 Å². The summed E-state index contributed by atoms with van der Waals surface area (Å²) in [6.45, 7) is 3.62. The van der Waals surface area contributed by atoms with Crippen molar-refractivity contribution < 1.29 is 14.7 Å². The minimum Gasteiger partial charge on any atom is -0.479 e. The number of carbonyl (C=O) groups is 2. The molecule has 0 aliphatic heterocycles. The van der Waals surface area contributed by atoms with Crippen LogP contribution in [0.5, 0.6) is 0 Å². The van der Waals surface area contributed by atoms with Crippen LogP contribution < -0.4 is 0 Å². The molecular weight excluding hydrogens is 289 g/mol. The van der Waals surface area contributed by atoms with E-state index in [1.54, 1.807) is 6.07 Å². The number of halogens is 2. The van der Waals surface area contributed by atoms with Crippen LogP contribution in [-0.2, 0) is 15.1 Å². The Balaban J connectivity index is 3.44. The fourth-order valence-corrected chi connectivity index (χ4v) is 2.36. The average Bonchev–Trinajstić information content (AvgIpc) is 2.37. The SMILES string of the molecule is CCCN(C=O)C(C)(C(=O)O)c1cc(Cl)ccc1Cl. The van der Waals surface area contributed by atoms with Gasteiger partial charge in [0.1, 0.15) is 0 Å². The van der Waals surface area contributed by atoms with Crippen molar-refractivity contribution in [3.63, 3.8) is 0 Å². The summed E-state index contributed by atoms with van der Waals surface area (Å²) in [4.78, 5) is 24.1. The molecule has 19 heavy (non-hydrogen) atoms. The lowest BCUT2D eigenvalue weighted by molar-refractivity contribution is -0.154. The third kappa shape index (κ3) is 3.01. The maximum absolute atomic E-state index is 11.7. The van der Waals surface area contributed by atoms with Crippen molar-refractivity contribution in [2.45, 2.75) is 25.8 Å². The molecule has 0 radical (unpaired) electrons. The van der Waals surface area contributed by atoms with E-state index in [0.717, 1.165) is 0 Å². The van der Waals surface area contributed by atoms with E-state index >= 15 is 0 Å². The van der Waals surface area contributed by atoms with Gasteiger partial charge < -0.3 is 10.0 Å². The summed E-state index contributed by atoms with van der Waals surface area (Å²) in [7, 11) is 0. The lowest BCUT2D eigenvalue weighted by Crippen LogP contribution is -2.49. The molecule has 0 spiro atoms. The van der Waals surface area contributed by atoms with E-state index in [0.29, 0.717) is 30.0 Å². The van der Waals surface area contributed by atoms with Gasteiger partial charge in [0.25, 0.3) is 0 Å². The van der Waals surface area contributed by atoms with Gasteiger partial charge in [-0.3, -0.25) is 4.79 Å². The summed E-state index contributed by atoms with van der Waals surface area (Å²) in [6.07, 6.45) is 1.16. The molecule has 0 saturated carbocycles. The zero-order valence-electron chi connectivity index (χ0n) is 10.7. The van der Waals surface area contributed by atoms with Crippen molar-refractivity contribution in [1.82, 2.24) is 4.90 Å². The molecule has 4 nitrogen and oxygen atoms in total. The first kappa shape index (κ1) is 15.8. The second-order valence-corrected chi connectivity index (χ2v) is 5.14. The fourth-order valence-electron chi connectivity index (χ4n) is 1.89. The summed E-state index contributed by atoms with van der Waals surface area (Å²) in [5.74, 6) is -1.16. The van der Waals surface area contributed by atoms with E-state index in [2.05, 4.69) is 0 Å². The molecule has 1 N–H and O–H groups in total. The first-order valence-corrected chi connectivity index (χ1v) is 6.54. The molecule has 0 aliphatic carbocycles. The Morgan fingerprint density at radius 3 is 2.58 bits per heavy atom. The van der Waals surface area contributed by atoms with Crippen LogP contribution in [0.15, 0.2) is 18.2 Å². The van der Waals surface area contributed by atoms with Gasteiger partial charge in [0.15, 0.2) is 5.54 Å². The molecule has 0 bridgehead atoms. The predicted octanol–water partition coefficient (Wildman–Crippen LogP) is 3.16. The Kier molecular flexibility index (Phi) is 5.20. The van der Waals surface area contributed by atoms with Crippen molar-refractivity contribution >= 4 is 35.6 Å². The van der Waals surface area contributed by atoms with Gasteiger partial charge in [0.05, 0.1) is 0 Å². The molecule has 104 valence electrons. The Morgan fingerprint density at radius 1 is 1.47 bits per heavy atom. The molecule has 1 aromatic carbocycles. The Morgan fingerprint density at radius 2 is 2.11 bits per heavy atom. The molecule has 1 unspecified atom stereocenters. The monoisotopic (exact) mass is 303 g/mol. The average molecular weight is 304 g/mol. The van der Waals surface area contributed by atoms with Crippen LogP contribution in [0.25, 0.3) is 0 Å².